The third kappa shape index (κ3) is 2.95. The minimum atomic E-state index is -0.453. The Kier molecular flexibility index (Phi) is 3.89. The highest BCUT2D eigenvalue weighted by Crippen LogP contribution is 2.33. The number of rotatable bonds is 3. The van der Waals surface area contributed by atoms with Crippen LogP contribution in [0.4, 0.5) is 5.69 Å². The van der Waals surface area contributed by atoms with Crippen LogP contribution in [0.15, 0.2) is 36.4 Å². The maximum Gasteiger partial charge on any atom is 0.270 e. The van der Waals surface area contributed by atoms with E-state index in [1.165, 1.54) is 12.1 Å². The Morgan fingerprint density at radius 2 is 2.00 bits per heavy atom. The molecule has 0 aliphatic heterocycles. The van der Waals surface area contributed by atoms with Gasteiger partial charge in [-0.3, -0.25) is 10.1 Å². The van der Waals surface area contributed by atoms with Crippen molar-refractivity contribution in [3.05, 3.63) is 55.6 Å². The van der Waals surface area contributed by atoms with Crippen molar-refractivity contribution < 1.29 is 14.8 Å². The molecule has 0 aliphatic carbocycles. The predicted molar refractivity (Wildman–Crippen MR) is 78.7 cm³/mol. The summed E-state index contributed by atoms with van der Waals surface area (Å²) in [4.78, 5) is 10.2. The van der Waals surface area contributed by atoms with Gasteiger partial charge in [0.1, 0.15) is 17.2 Å². The van der Waals surface area contributed by atoms with E-state index >= 15 is 0 Å². The molecule has 0 atom stereocenters. The molecule has 0 saturated heterocycles. The Morgan fingerprint density at radius 3 is 2.63 bits per heavy atom. The van der Waals surface area contributed by atoms with Crippen molar-refractivity contribution in [2.24, 2.45) is 0 Å². The lowest BCUT2D eigenvalue weighted by Gasteiger charge is -2.10. The highest BCUT2D eigenvalue weighted by molar-refractivity contribution is 14.1. The van der Waals surface area contributed by atoms with Gasteiger partial charge < -0.3 is 9.84 Å². The van der Waals surface area contributed by atoms with Crippen LogP contribution >= 0.6 is 22.6 Å². The molecular formula is C13H10INO4. The van der Waals surface area contributed by atoms with Crippen LogP contribution in [-0.2, 0) is 0 Å². The minimum Gasteiger partial charge on any atom is -0.508 e. The number of ether oxygens (including phenoxy) is 1. The van der Waals surface area contributed by atoms with E-state index in [-0.39, 0.29) is 11.4 Å². The second kappa shape index (κ2) is 5.43. The van der Waals surface area contributed by atoms with Crippen molar-refractivity contribution in [3.63, 3.8) is 0 Å². The number of non-ortho nitro benzene ring substituents is 1. The molecule has 98 valence electrons. The van der Waals surface area contributed by atoms with Crippen LogP contribution in [0.25, 0.3) is 0 Å². The predicted octanol–water partition coefficient (Wildman–Crippen LogP) is 4.01. The first-order chi connectivity index (χ1) is 8.99. The molecule has 0 saturated carbocycles. The summed E-state index contributed by atoms with van der Waals surface area (Å²) in [6.45, 7) is 1.74. The first kappa shape index (κ1) is 13.6. The molecule has 6 heteroatoms. The van der Waals surface area contributed by atoms with Crippen molar-refractivity contribution in [3.8, 4) is 17.2 Å². The average Bonchev–Trinajstić information content (AvgIpc) is 2.37. The number of phenolic OH excluding ortho intramolecular Hbond substituents is 1. The van der Waals surface area contributed by atoms with E-state index in [1.54, 1.807) is 31.2 Å². The van der Waals surface area contributed by atoms with Crippen LogP contribution in [0.3, 0.4) is 0 Å². The lowest BCUT2D eigenvalue weighted by molar-refractivity contribution is -0.385. The number of nitrogens with zero attached hydrogens (tertiary/aromatic N) is 1. The highest BCUT2D eigenvalue weighted by Gasteiger charge is 2.12. The molecule has 2 rings (SSSR count). The summed E-state index contributed by atoms with van der Waals surface area (Å²) < 4.78 is 6.30. The van der Waals surface area contributed by atoms with E-state index in [4.69, 9.17) is 4.74 Å². The topological polar surface area (TPSA) is 72.6 Å². The summed E-state index contributed by atoms with van der Waals surface area (Å²) in [5.41, 5.74) is 0.640. The zero-order valence-corrected chi connectivity index (χ0v) is 12.1. The van der Waals surface area contributed by atoms with Crippen molar-refractivity contribution in [1.29, 1.82) is 0 Å². The molecule has 0 spiro atoms. The Hall–Kier alpha value is -1.83. The average molecular weight is 371 g/mol. The van der Waals surface area contributed by atoms with Crippen LogP contribution < -0.4 is 4.74 Å². The molecule has 0 bridgehead atoms. The second-order valence-corrected chi connectivity index (χ2v) is 5.04. The summed E-state index contributed by atoms with van der Waals surface area (Å²) in [5, 5.41) is 20.2. The van der Waals surface area contributed by atoms with Gasteiger partial charge in [0.15, 0.2) is 0 Å². The fourth-order valence-electron chi connectivity index (χ4n) is 1.52. The molecule has 5 nitrogen and oxygen atoms in total. The van der Waals surface area contributed by atoms with Gasteiger partial charge >= 0.3 is 0 Å². The van der Waals surface area contributed by atoms with E-state index in [0.717, 1.165) is 0 Å². The standard InChI is InChI=1S/C13H10INO4/c1-8-11(16)3-2-4-12(8)19-13-6-5-9(15(17)18)7-10(13)14/h2-7,16H,1H3. The van der Waals surface area contributed by atoms with Gasteiger partial charge in [0.05, 0.1) is 8.49 Å². The number of nitro groups is 1. The van der Waals surface area contributed by atoms with E-state index in [2.05, 4.69) is 0 Å². The van der Waals surface area contributed by atoms with Gasteiger partial charge in [-0.2, -0.15) is 0 Å². The van der Waals surface area contributed by atoms with Crippen molar-refractivity contribution >= 4 is 28.3 Å². The summed E-state index contributed by atoms with van der Waals surface area (Å²) in [6, 6.07) is 9.35. The first-order valence-electron chi connectivity index (χ1n) is 5.39. The maximum atomic E-state index is 10.6. The molecule has 19 heavy (non-hydrogen) atoms. The highest BCUT2D eigenvalue weighted by atomic mass is 127. The summed E-state index contributed by atoms with van der Waals surface area (Å²) >= 11 is 1.97. The summed E-state index contributed by atoms with van der Waals surface area (Å²) in [6.07, 6.45) is 0. The Morgan fingerprint density at radius 1 is 1.26 bits per heavy atom. The quantitative estimate of drug-likeness (QED) is 0.503. The third-order valence-electron chi connectivity index (χ3n) is 2.60. The van der Waals surface area contributed by atoms with Crippen molar-refractivity contribution in [2.75, 3.05) is 0 Å². The monoisotopic (exact) mass is 371 g/mol. The van der Waals surface area contributed by atoms with Crippen LogP contribution in [0.5, 0.6) is 17.2 Å². The Bertz CT molecular complexity index is 643. The van der Waals surface area contributed by atoms with Crippen LogP contribution in [0, 0.1) is 20.6 Å². The minimum absolute atomic E-state index is 0.0179. The number of phenols is 1. The van der Waals surface area contributed by atoms with Crippen LogP contribution in [0.1, 0.15) is 5.56 Å². The zero-order valence-electron chi connectivity index (χ0n) is 9.96. The first-order valence-corrected chi connectivity index (χ1v) is 6.47. The molecule has 0 fully saturated rings. The fourth-order valence-corrected chi connectivity index (χ4v) is 2.13. The van der Waals surface area contributed by atoms with E-state index in [1.807, 2.05) is 22.6 Å². The fraction of sp³-hybridized carbons (Fsp3) is 0.0769. The number of aromatic hydroxyl groups is 1. The number of hydrogen-bond donors (Lipinski definition) is 1. The molecule has 0 radical (unpaired) electrons. The van der Waals surface area contributed by atoms with Gasteiger partial charge in [-0.1, -0.05) is 6.07 Å². The number of hydrogen-bond acceptors (Lipinski definition) is 4. The molecule has 0 aromatic heterocycles. The number of benzene rings is 2. The maximum absolute atomic E-state index is 10.6. The lowest BCUT2D eigenvalue weighted by Crippen LogP contribution is -1.93. The van der Waals surface area contributed by atoms with E-state index in [9.17, 15) is 15.2 Å². The van der Waals surface area contributed by atoms with Gasteiger partial charge in [0.25, 0.3) is 5.69 Å². The molecular weight excluding hydrogens is 361 g/mol. The smallest absolute Gasteiger partial charge is 0.270 e. The number of halogens is 1. The van der Waals surface area contributed by atoms with Crippen molar-refractivity contribution in [1.82, 2.24) is 0 Å². The van der Waals surface area contributed by atoms with Gasteiger partial charge in [-0.05, 0) is 47.7 Å². The van der Waals surface area contributed by atoms with E-state index in [0.29, 0.717) is 20.6 Å². The van der Waals surface area contributed by atoms with Gasteiger partial charge in [-0.25, -0.2) is 0 Å². The second-order valence-electron chi connectivity index (χ2n) is 3.87. The summed E-state index contributed by atoms with van der Waals surface area (Å²) in [5.74, 6) is 1.18. The molecule has 2 aromatic carbocycles. The van der Waals surface area contributed by atoms with Crippen LogP contribution in [0.2, 0.25) is 0 Å². The summed E-state index contributed by atoms with van der Waals surface area (Å²) in [7, 11) is 0. The van der Waals surface area contributed by atoms with Crippen LogP contribution in [-0.4, -0.2) is 10.0 Å². The zero-order chi connectivity index (χ0) is 14.0. The van der Waals surface area contributed by atoms with Gasteiger partial charge in [0, 0.05) is 17.7 Å². The molecule has 0 amide bonds. The molecule has 2 aromatic rings. The Labute approximate surface area is 123 Å². The Balaban J connectivity index is 2.34. The van der Waals surface area contributed by atoms with Crippen molar-refractivity contribution in [2.45, 2.75) is 6.92 Å². The molecule has 0 aliphatic rings. The lowest BCUT2D eigenvalue weighted by atomic mass is 10.2. The molecule has 0 heterocycles. The largest absolute Gasteiger partial charge is 0.508 e. The third-order valence-corrected chi connectivity index (χ3v) is 3.44. The molecule has 1 N–H and O–H groups in total. The normalized spacial score (nSPS) is 10.2. The van der Waals surface area contributed by atoms with Gasteiger partial charge in [-0.15, -0.1) is 0 Å². The number of nitro benzene ring substituents is 1. The van der Waals surface area contributed by atoms with Gasteiger partial charge in [0.2, 0.25) is 0 Å². The molecule has 0 unspecified atom stereocenters. The van der Waals surface area contributed by atoms with E-state index < -0.39 is 4.92 Å². The SMILES string of the molecule is Cc1c(O)cccc1Oc1ccc([N+](=O)[O-])cc1I.